The Hall–Kier alpha value is -4.70. The molecule has 7 nitrogen and oxygen atoms in total. The first-order valence-electron chi connectivity index (χ1n) is 14.0. The summed E-state index contributed by atoms with van der Waals surface area (Å²) in [4.78, 5) is 40.5. The molecule has 5 rings (SSSR count). The first-order chi connectivity index (χ1) is 20.8. The molecule has 1 aliphatic rings. The number of hydrogen-bond donors (Lipinski definition) is 3. The van der Waals surface area contributed by atoms with Crippen molar-refractivity contribution in [2.75, 3.05) is 5.32 Å². The number of ether oxygens (including phenoxy) is 1. The quantitative estimate of drug-likeness (QED) is 0.148. The predicted molar refractivity (Wildman–Crippen MR) is 156 cm³/mol. The van der Waals surface area contributed by atoms with Gasteiger partial charge in [-0.05, 0) is 85.7 Å². The van der Waals surface area contributed by atoms with E-state index in [4.69, 9.17) is 4.74 Å². The number of carbonyl (C=O) groups excluding carboxylic acids is 2. The van der Waals surface area contributed by atoms with Crippen LogP contribution in [-0.2, 0) is 22.5 Å². The highest BCUT2D eigenvalue weighted by Crippen LogP contribution is 2.27. The summed E-state index contributed by atoms with van der Waals surface area (Å²) in [5.41, 5.74) is 0.00389. The molecule has 1 aromatic heterocycles. The zero-order valence-electron chi connectivity index (χ0n) is 23.2. The van der Waals surface area contributed by atoms with Crippen LogP contribution < -0.4 is 16.2 Å². The molecule has 3 N–H and O–H groups in total. The summed E-state index contributed by atoms with van der Waals surface area (Å²) in [6.45, 7) is -0.0259. The number of H-pyrrole nitrogens is 1. The number of benzene rings is 3. The number of pyridine rings is 1. The number of hydrogen-bond acceptors (Lipinski definition) is 6. The fourth-order valence-corrected chi connectivity index (χ4v) is 5.07. The van der Waals surface area contributed by atoms with Crippen LogP contribution in [-0.4, -0.2) is 28.9 Å². The van der Waals surface area contributed by atoms with Crippen LogP contribution in [0.4, 0.5) is 24.7 Å². The third-order valence-electron chi connectivity index (χ3n) is 7.33. The number of aromatic amines is 1. The lowest BCUT2D eigenvalue weighted by Crippen LogP contribution is -2.40. The van der Waals surface area contributed by atoms with Crippen LogP contribution in [0.5, 0.6) is 0 Å². The van der Waals surface area contributed by atoms with E-state index in [1.807, 2.05) is 30.3 Å². The van der Waals surface area contributed by atoms with E-state index in [1.54, 1.807) is 0 Å². The number of anilines is 2. The lowest BCUT2D eigenvalue weighted by atomic mass is 10.0. The van der Waals surface area contributed by atoms with Gasteiger partial charge in [-0.15, -0.1) is 0 Å². The van der Waals surface area contributed by atoms with Gasteiger partial charge in [0.25, 0.3) is 0 Å². The summed E-state index contributed by atoms with van der Waals surface area (Å²) in [5, 5.41) is 5.59. The zero-order valence-corrected chi connectivity index (χ0v) is 23.2. The lowest BCUT2D eigenvalue weighted by Gasteiger charge is -2.21. The summed E-state index contributed by atoms with van der Waals surface area (Å²) in [5.74, 6) is -3.71. The molecular weight excluding hydrogens is 559 g/mol. The fraction of sp³-hybridized carbons (Fsp3) is 0.242. The van der Waals surface area contributed by atoms with Crippen molar-refractivity contribution in [3.05, 3.63) is 129 Å². The van der Waals surface area contributed by atoms with Crippen LogP contribution in [0.25, 0.3) is 0 Å². The lowest BCUT2D eigenvalue weighted by molar-refractivity contribution is -0.151. The first kappa shape index (κ1) is 29.8. The van der Waals surface area contributed by atoms with Crippen LogP contribution in [0.2, 0.25) is 0 Å². The molecular formula is C33H30F3N3O4. The Balaban J connectivity index is 1.33. The Morgan fingerprint density at radius 2 is 1.56 bits per heavy atom. The molecule has 0 amide bonds. The van der Waals surface area contributed by atoms with Gasteiger partial charge >= 0.3 is 5.97 Å². The molecule has 4 aromatic rings. The minimum Gasteiger partial charge on any atom is -0.461 e. The molecule has 1 fully saturated rings. The standard InChI is InChI=1S/C33H30F3N3O4/c34-23-12-10-22(11-13-23)31(41)25-14-15-29(40)38-32(25)39-30-26(35)16-21(17-27(30)36)19-37-28(18-20-6-2-1-3-7-20)33(42)43-24-8-4-5-9-24/h1-3,6-7,10-17,24,28,37H,4-5,8-9,18-19H2,(H2,38,39,40)/t28-/m0/s1. The second-order valence-corrected chi connectivity index (χ2v) is 10.5. The van der Waals surface area contributed by atoms with Crippen molar-refractivity contribution in [1.82, 2.24) is 10.3 Å². The fourth-order valence-electron chi connectivity index (χ4n) is 5.07. The normalized spacial score (nSPS) is 13.9. The van der Waals surface area contributed by atoms with Crippen LogP contribution in [0.1, 0.15) is 52.7 Å². The van der Waals surface area contributed by atoms with E-state index in [2.05, 4.69) is 15.6 Å². The minimum absolute atomic E-state index is 0.0259. The summed E-state index contributed by atoms with van der Waals surface area (Å²) >= 11 is 0. The van der Waals surface area contributed by atoms with Gasteiger partial charge in [-0.1, -0.05) is 30.3 Å². The molecule has 1 heterocycles. The van der Waals surface area contributed by atoms with Gasteiger partial charge in [-0.3, -0.25) is 14.4 Å². The van der Waals surface area contributed by atoms with Crippen LogP contribution >= 0.6 is 0 Å². The number of nitrogens with one attached hydrogen (secondary N) is 3. The third-order valence-corrected chi connectivity index (χ3v) is 7.33. The van der Waals surface area contributed by atoms with Crippen molar-refractivity contribution < 1.29 is 27.5 Å². The van der Waals surface area contributed by atoms with Gasteiger partial charge in [0.05, 0.1) is 5.56 Å². The van der Waals surface area contributed by atoms with Crippen molar-refractivity contribution in [2.24, 2.45) is 0 Å². The summed E-state index contributed by atoms with van der Waals surface area (Å²) in [6, 6.07) is 17.9. The number of carbonyl (C=O) groups is 2. The van der Waals surface area contributed by atoms with E-state index in [0.29, 0.717) is 6.42 Å². The Morgan fingerprint density at radius 1 is 0.884 bits per heavy atom. The molecule has 0 bridgehead atoms. The van der Waals surface area contributed by atoms with Gasteiger partial charge in [0.1, 0.15) is 41.1 Å². The average molecular weight is 590 g/mol. The van der Waals surface area contributed by atoms with Crippen molar-refractivity contribution >= 4 is 23.3 Å². The van der Waals surface area contributed by atoms with Crippen molar-refractivity contribution in [3.8, 4) is 0 Å². The maximum atomic E-state index is 15.3. The van der Waals surface area contributed by atoms with E-state index in [9.17, 15) is 18.8 Å². The van der Waals surface area contributed by atoms with Crippen LogP contribution in [0.15, 0.2) is 83.7 Å². The Bertz CT molecular complexity index is 1630. The molecule has 1 aliphatic carbocycles. The van der Waals surface area contributed by atoms with Crippen LogP contribution in [0.3, 0.4) is 0 Å². The monoisotopic (exact) mass is 589 g/mol. The topological polar surface area (TPSA) is 100 Å². The molecule has 0 radical (unpaired) electrons. The van der Waals surface area contributed by atoms with E-state index in [0.717, 1.165) is 61.6 Å². The molecule has 10 heteroatoms. The third kappa shape index (κ3) is 7.58. The van der Waals surface area contributed by atoms with E-state index in [1.165, 1.54) is 18.2 Å². The van der Waals surface area contributed by atoms with Gasteiger partial charge in [-0.2, -0.15) is 0 Å². The summed E-state index contributed by atoms with van der Waals surface area (Å²) in [6.07, 6.45) is 3.86. The van der Waals surface area contributed by atoms with E-state index in [-0.39, 0.29) is 35.2 Å². The second-order valence-electron chi connectivity index (χ2n) is 10.5. The molecule has 1 atom stereocenters. The number of ketones is 1. The molecule has 0 spiro atoms. The van der Waals surface area contributed by atoms with Gasteiger partial charge in [0.2, 0.25) is 5.56 Å². The van der Waals surface area contributed by atoms with Crippen molar-refractivity contribution in [2.45, 2.75) is 50.8 Å². The molecule has 0 aliphatic heterocycles. The number of rotatable bonds is 11. The molecule has 222 valence electrons. The molecule has 3 aromatic carbocycles. The minimum atomic E-state index is -0.977. The Morgan fingerprint density at radius 3 is 2.23 bits per heavy atom. The van der Waals surface area contributed by atoms with Crippen molar-refractivity contribution in [1.29, 1.82) is 0 Å². The highest BCUT2D eigenvalue weighted by Gasteiger charge is 2.26. The van der Waals surface area contributed by atoms with Gasteiger partial charge < -0.3 is 20.4 Å². The van der Waals surface area contributed by atoms with E-state index < -0.39 is 46.5 Å². The molecule has 1 saturated carbocycles. The molecule has 43 heavy (non-hydrogen) atoms. The molecule has 0 unspecified atom stereocenters. The van der Waals surface area contributed by atoms with Crippen molar-refractivity contribution in [3.63, 3.8) is 0 Å². The zero-order chi connectivity index (χ0) is 30.3. The van der Waals surface area contributed by atoms with Crippen LogP contribution in [0, 0.1) is 17.5 Å². The first-order valence-corrected chi connectivity index (χ1v) is 14.0. The number of aromatic nitrogens is 1. The van der Waals surface area contributed by atoms with E-state index >= 15 is 8.78 Å². The Kier molecular flexibility index (Phi) is 9.36. The maximum absolute atomic E-state index is 15.3. The maximum Gasteiger partial charge on any atom is 0.323 e. The highest BCUT2D eigenvalue weighted by atomic mass is 19.1. The summed E-state index contributed by atoms with van der Waals surface area (Å²) in [7, 11) is 0. The number of esters is 1. The second kappa shape index (κ2) is 13.5. The predicted octanol–water partition coefficient (Wildman–Crippen LogP) is 5.95. The average Bonchev–Trinajstić information content (AvgIpc) is 3.51. The highest BCUT2D eigenvalue weighted by molar-refractivity contribution is 6.12. The number of halogens is 3. The SMILES string of the molecule is O=C(c1ccc(F)cc1)c1ccc(=O)[nH]c1Nc1c(F)cc(CN[C@@H](Cc2ccccc2)C(=O)OC2CCCC2)cc1F. The molecule has 0 saturated heterocycles. The van der Waals surface area contributed by atoms with Gasteiger partial charge in [-0.25, -0.2) is 13.2 Å². The van der Waals surface area contributed by atoms with Gasteiger partial charge in [0, 0.05) is 18.2 Å². The summed E-state index contributed by atoms with van der Waals surface area (Å²) < 4.78 is 49.6. The Labute approximate surface area is 246 Å². The smallest absolute Gasteiger partial charge is 0.323 e. The largest absolute Gasteiger partial charge is 0.461 e. The van der Waals surface area contributed by atoms with Gasteiger partial charge in [0.15, 0.2) is 5.78 Å².